The first-order valence-electron chi connectivity index (χ1n) is 7.43. The van der Waals surface area contributed by atoms with E-state index in [9.17, 15) is 4.79 Å². The Hall–Kier alpha value is -1.34. The third-order valence-corrected chi connectivity index (χ3v) is 5.42. The Morgan fingerprint density at radius 2 is 2.32 bits per heavy atom. The molecule has 0 bridgehead atoms. The minimum absolute atomic E-state index is 0.217. The van der Waals surface area contributed by atoms with Crippen LogP contribution in [0, 0.1) is 5.92 Å². The second kappa shape index (κ2) is 7.28. The molecule has 0 spiro atoms. The molecule has 22 heavy (non-hydrogen) atoms. The van der Waals surface area contributed by atoms with Crippen molar-refractivity contribution in [3.05, 3.63) is 22.7 Å². The van der Waals surface area contributed by atoms with Gasteiger partial charge in [0, 0.05) is 24.0 Å². The van der Waals surface area contributed by atoms with E-state index in [0.29, 0.717) is 23.2 Å². The molecule has 1 aliphatic rings. The number of amides is 1. The van der Waals surface area contributed by atoms with Gasteiger partial charge in [-0.05, 0) is 30.2 Å². The predicted molar refractivity (Wildman–Crippen MR) is 88.8 cm³/mol. The molecule has 5 nitrogen and oxygen atoms in total. The Bertz CT molecular complexity index is 604. The van der Waals surface area contributed by atoms with Crippen molar-refractivity contribution in [1.29, 1.82) is 0 Å². The molecule has 3 rings (SSSR count). The van der Waals surface area contributed by atoms with Gasteiger partial charge >= 0.3 is 0 Å². The molecule has 0 saturated carbocycles. The first-order chi connectivity index (χ1) is 10.7. The lowest BCUT2D eigenvalue weighted by molar-refractivity contribution is -0.129. The second-order valence-electron chi connectivity index (χ2n) is 5.58. The number of likely N-dealkylation sites (tertiary alicyclic amines) is 1. The molecule has 2 aromatic rings. The first-order valence-corrected chi connectivity index (χ1v) is 9.53. The van der Waals surface area contributed by atoms with Gasteiger partial charge in [0.05, 0.1) is 11.5 Å². The highest BCUT2D eigenvalue weighted by atomic mass is 32.2. The monoisotopic (exact) mass is 337 g/mol. The summed E-state index contributed by atoms with van der Waals surface area (Å²) in [6.07, 6.45) is 2.23. The van der Waals surface area contributed by atoms with Crippen molar-refractivity contribution >= 4 is 29.0 Å². The fourth-order valence-electron chi connectivity index (χ4n) is 2.40. The Kier molecular flexibility index (Phi) is 5.15. The first kappa shape index (κ1) is 15.6. The number of thioether (sulfide) groups is 1. The maximum absolute atomic E-state index is 12.1. The molecule has 1 saturated heterocycles. The number of carbonyl (C=O) groups excluding carboxylic acids is 1. The summed E-state index contributed by atoms with van der Waals surface area (Å²) in [5, 5.41) is 7.94. The summed E-state index contributed by atoms with van der Waals surface area (Å²) in [4.78, 5) is 18.5. The highest BCUT2D eigenvalue weighted by molar-refractivity contribution is 7.99. The van der Waals surface area contributed by atoms with Gasteiger partial charge in [0.15, 0.2) is 0 Å². The number of rotatable bonds is 5. The van der Waals surface area contributed by atoms with Crippen LogP contribution in [0.4, 0.5) is 0 Å². The van der Waals surface area contributed by atoms with E-state index in [1.54, 1.807) is 11.3 Å². The molecule has 0 radical (unpaired) electrons. The van der Waals surface area contributed by atoms with E-state index < -0.39 is 0 Å². The molecule has 7 heteroatoms. The Morgan fingerprint density at radius 3 is 3.05 bits per heavy atom. The lowest BCUT2D eigenvalue weighted by Gasteiger charge is -2.30. The van der Waals surface area contributed by atoms with Crippen molar-refractivity contribution in [3.8, 4) is 11.4 Å². The highest BCUT2D eigenvalue weighted by Crippen LogP contribution is 2.21. The summed E-state index contributed by atoms with van der Waals surface area (Å²) in [6.45, 7) is 4.03. The van der Waals surface area contributed by atoms with E-state index in [4.69, 9.17) is 4.52 Å². The maximum atomic E-state index is 12.1. The molecule has 1 amide bonds. The topological polar surface area (TPSA) is 59.2 Å². The van der Waals surface area contributed by atoms with Crippen LogP contribution in [0.1, 0.15) is 25.7 Å². The third kappa shape index (κ3) is 3.89. The summed E-state index contributed by atoms with van der Waals surface area (Å²) in [7, 11) is 0. The summed E-state index contributed by atoms with van der Waals surface area (Å²) >= 11 is 3.14. The fraction of sp³-hybridized carbons (Fsp3) is 0.533. The number of hydrogen-bond acceptors (Lipinski definition) is 6. The zero-order chi connectivity index (χ0) is 15.4. The fourth-order valence-corrected chi connectivity index (χ4v) is 3.78. The molecule has 0 atom stereocenters. The molecule has 118 valence electrons. The summed E-state index contributed by atoms with van der Waals surface area (Å²) in [5.74, 6) is 3.21. The number of aromatic nitrogens is 2. The summed E-state index contributed by atoms with van der Waals surface area (Å²) in [5.41, 5.74) is 0.975. The van der Waals surface area contributed by atoms with Gasteiger partial charge in [-0.3, -0.25) is 4.79 Å². The zero-order valence-electron chi connectivity index (χ0n) is 12.5. The Labute approximate surface area is 138 Å². The van der Waals surface area contributed by atoms with E-state index >= 15 is 0 Å². The minimum Gasteiger partial charge on any atom is -0.342 e. The Morgan fingerprint density at radius 1 is 1.50 bits per heavy atom. The van der Waals surface area contributed by atoms with Crippen molar-refractivity contribution in [1.82, 2.24) is 15.0 Å². The van der Waals surface area contributed by atoms with Crippen LogP contribution in [0.15, 0.2) is 21.3 Å². The Balaban J connectivity index is 1.44. The number of thiophene rings is 1. The number of piperidine rings is 1. The zero-order valence-corrected chi connectivity index (χ0v) is 14.2. The number of nitrogens with zero attached hydrogens (tertiary/aromatic N) is 3. The molecule has 0 unspecified atom stereocenters. The van der Waals surface area contributed by atoms with E-state index in [2.05, 4.69) is 17.1 Å². The lowest BCUT2D eigenvalue weighted by Crippen LogP contribution is -2.38. The van der Waals surface area contributed by atoms with E-state index in [1.807, 2.05) is 21.7 Å². The molecule has 0 aliphatic carbocycles. The van der Waals surface area contributed by atoms with E-state index in [-0.39, 0.29) is 5.91 Å². The number of carbonyl (C=O) groups is 1. The molecular formula is C15H19N3O2S2. The predicted octanol–water partition coefficient (Wildman–Crippen LogP) is 3.29. The summed E-state index contributed by atoms with van der Waals surface area (Å²) < 4.78 is 5.23. The molecule has 1 fully saturated rings. The van der Waals surface area contributed by atoms with Crippen molar-refractivity contribution in [2.75, 3.05) is 18.8 Å². The summed E-state index contributed by atoms with van der Waals surface area (Å²) in [6, 6.07) is 1.97. The molecule has 2 aromatic heterocycles. The average Bonchev–Trinajstić information content (AvgIpc) is 3.19. The minimum atomic E-state index is 0.217. The van der Waals surface area contributed by atoms with Crippen LogP contribution in [0.25, 0.3) is 11.4 Å². The maximum Gasteiger partial charge on any atom is 0.236 e. The van der Waals surface area contributed by atoms with Crippen LogP contribution in [-0.2, 0) is 10.5 Å². The van der Waals surface area contributed by atoms with E-state index in [0.717, 1.165) is 37.4 Å². The third-order valence-electron chi connectivity index (χ3n) is 3.83. The van der Waals surface area contributed by atoms with Gasteiger partial charge in [-0.1, -0.05) is 12.1 Å². The molecule has 0 N–H and O–H groups in total. The average molecular weight is 337 g/mol. The number of hydrogen-bond donors (Lipinski definition) is 0. The largest absolute Gasteiger partial charge is 0.342 e. The van der Waals surface area contributed by atoms with Crippen LogP contribution < -0.4 is 0 Å². The molecule has 0 aromatic carbocycles. The van der Waals surface area contributed by atoms with Crippen molar-refractivity contribution in [3.63, 3.8) is 0 Å². The van der Waals surface area contributed by atoms with Gasteiger partial charge in [-0.25, -0.2) is 0 Å². The van der Waals surface area contributed by atoms with Gasteiger partial charge in [0.2, 0.25) is 17.6 Å². The smallest absolute Gasteiger partial charge is 0.236 e. The highest BCUT2D eigenvalue weighted by Gasteiger charge is 2.20. The molecule has 1 aliphatic heterocycles. The van der Waals surface area contributed by atoms with Crippen LogP contribution in [0.5, 0.6) is 0 Å². The molecular weight excluding hydrogens is 318 g/mol. The normalized spacial score (nSPS) is 16.1. The molecule has 3 heterocycles. The van der Waals surface area contributed by atoms with E-state index in [1.165, 1.54) is 11.8 Å². The second-order valence-corrected chi connectivity index (χ2v) is 7.35. The van der Waals surface area contributed by atoms with Gasteiger partial charge in [0.1, 0.15) is 0 Å². The van der Waals surface area contributed by atoms with Gasteiger partial charge < -0.3 is 9.42 Å². The van der Waals surface area contributed by atoms with Gasteiger partial charge in [-0.2, -0.15) is 16.3 Å². The van der Waals surface area contributed by atoms with Crippen LogP contribution in [-0.4, -0.2) is 39.8 Å². The van der Waals surface area contributed by atoms with Crippen LogP contribution in [0.2, 0.25) is 0 Å². The van der Waals surface area contributed by atoms with Crippen molar-refractivity contribution in [2.45, 2.75) is 25.5 Å². The van der Waals surface area contributed by atoms with Crippen LogP contribution in [0.3, 0.4) is 0 Å². The standard InChI is InChI=1S/C15H19N3O2S2/c1-11-2-5-18(6-3-11)14(19)10-22-9-13-16-15(17-20-13)12-4-7-21-8-12/h4,7-8,11H,2-3,5-6,9-10H2,1H3. The van der Waals surface area contributed by atoms with Gasteiger partial charge in [0.25, 0.3) is 0 Å². The SMILES string of the molecule is CC1CCN(C(=O)CSCc2nc(-c3ccsc3)no2)CC1. The van der Waals surface area contributed by atoms with Gasteiger partial charge in [-0.15, -0.1) is 11.8 Å². The van der Waals surface area contributed by atoms with Crippen LogP contribution >= 0.6 is 23.1 Å². The van der Waals surface area contributed by atoms with Crippen molar-refractivity contribution < 1.29 is 9.32 Å². The quantitative estimate of drug-likeness (QED) is 0.838. The lowest BCUT2D eigenvalue weighted by atomic mass is 9.99. The van der Waals surface area contributed by atoms with Crippen molar-refractivity contribution in [2.24, 2.45) is 5.92 Å².